The van der Waals surface area contributed by atoms with Gasteiger partial charge in [0.05, 0.1) is 58.7 Å². The third-order valence-corrected chi connectivity index (χ3v) is 6.06. The predicted molar refractivity (Wildman–Crippen MR) is 142 cm³/mol. The van der Waals surface area contributed by atoms with Crippen LogP contribution in [0.2, 0.25) is 0 Å². The Labute approximate surface area is 223 Å². The van der Waals surface area contributed by atoms with E-state index in [9.17, 15) is 9.59 Å². The third-order valence-electron chi connectivity index (χ3n) is 6.06. The molecule has 1 heterocycles. The molecule has 0 aromatic heterocycles. The second-order valence-corrected chi connectivity index (χ2v) is 8.84. The van der Waals surface area contributed by atoms with Crippen molar-refractivity contribution >= 4 is 11.9 Å². The van der Waals surface area contributed by atoms with Gasteiger partial charge in [0.15, 0.2) is 23.0 Å². The highest BCUT2D eigenvalue weighted by Crippen LogP contribution is 2.40. The molecule has 0 fully saturated rings. The van der Waals surface area contributed by atoms with Crippen molar-refractivity contribution in [1.82, 2.24) is 4.90 Å². The lowest BCUT2D eigenvalue weighted by Crippen LogP contribution is -2.29. The molecule has 0 aliphatic carbocycles. The molecule has 0 radical (unpaired) electrons. The monoisotopic (exact) mass is 525 g/mol. The van der Waals surface area contributed by atoms with Crippen molar-refractivity contribution in [2.24, 2.45) is 0 Å². The Kier molecular flexibility index (Phi) is 9.65. The van der Waals surface area contributed by atoms with Gasteiger partial charge >= 0.3 is 11.9 Å². The highest BCUT2D eigenvalue weighted by Gasteiger charge is 2.35. The van der Waals surface area contributed by atoms with Crippen LogP contribution in [0.15, 0.2) is 59.9 Å². The van der Waals surface area contributed by atoms with Crippen LogP contribution in [-0.2, 0) is 25.5 Å². The Morgan fingerprint density at radius 3 is 1.84 bits per heavy atom. The van der Waals surface area contributed by atoms with Gasteiger partial charge in [0.2, 0.25) is 0 Å². The van der Waals surface area contributed by atoms with Gasteiger partial charge in [-0.15, -0.1) is 0 Å². The number of esters is 2. The number of hydrogen-bond acceptors (Lipinski definition) is 9. The number of carbonyl (C=O) groups is 2. The first kappa shape index (κ1) is 28.4. The van der Waals surface area contributed by atoms with E-state index in [2.05, 4.69) is 0 Å². The molecular formula is C29H35NO8. The van der Waals surface area contributed by atoms with Gasteiger partial charge in [-0.3, -0.25) is 0 Å². The molecule has 0 spiro atoms. The molecule has 3 rings (SSSR count). The zero-order chi connectivity index (χ0) is 27.8. The van der Waals surface area contributed by atoms with Crippen LogP contribution in [0.1, 0.15) is 30.9 Å². The van der Waals surface area contributed by atoms with Crippen molar-refractivity contribution in [3.8, 4) is 23.0 Å². The van der Waals surface area contributed by atoms with E-state index in [1.54, 1.807) is 49.7 Å². The molecule has 9 nitrogen and oxygen atoms in total. The molecule has 0 atom stereocenters. The average molecular weight is 526 g/mol. The lowest BCUT2D eigenvalue weighted by molar-refractivity contribution is -0.137. The van der Waals surface area contributed by atoms with Crippen LogP contribution in [0.4, 0.5) is 0 Å². The molecule has 9 heteroatoms. The number of nitrogens with zero attached hydrogens (tertiary/aromatic N) is 1. The molecule has 0 amide bonds. The Morgan fingerprint density at radius 1 is 0.763 bits per heavy atom. The summed E-state index contributed by atoms with van der Waals surface area (Å²) in [7, 11) is 7.33. The zero-order valence-corrected chi connectivity index (χ0v) is 22.9. The number of hydrogen-bond donors (Lipinski definition) is 0. The van der Waals surface area contributed by atoms with Crippen LogP contribution in [0.5, 0.6) is 23.0 Å². The summed E-state index contributed by atoms with van der Waals surface area (Å²) in [5.74, 6) is 0.474. The summed E-state index contributed by atoms with van der Waals surface area (Å²) < 4.78 is 32.3. The van der Waals surface area contributed by atoms with Crippen molar-refractivity contribution in [2.45, 2.75) is 32.3 Å². The van der Waals surface area contributed by atoms with Crippen LogP contribution in [0.25, 0.3) is 0 Å². The minimum absolute atomic E-state index is 0.0558. The summed E-state index contributed by atoms with van der Waals surface area (Å²) in [6, 6.07) is 11.0. The Bertz CT molecular complexity index is 1180. The van der Waals surface area contributed by atoms with Crippen molar-refractivity contribution in [3.63, 3.8) is 0 Å². The number of benzene rings is 2. The van der Waals surface area contributed by atoms with Gasteiger partial charge in [0.1, 0.15) is 0 Å². The first-order valence-electron chi connectivity index (χ1n) is 12.2. The van der Waals surface area contributed by atoms with E-state index in [1.165, 1.54) is 21.3 Å². The van der Waals surface area contributed by atoms with E-state index in [0.717, 1.165) is 5.56 Å². The largest absolute Gasteiger partial charge is 0.493 e. The normalized spacial score (nSPS) is 13.4. The summed E-state index contributed by atoms with van der Waals surface area (Å²) in [6.07, 6.45) is 3.96. The Morgan fingerprint density at radius 2 is 1.32 bits per heavy atom. The fraction of sp³-hybridized carbons (Fsp3) is 0.379. The summed E-state index contributed by atoms with van der Waals surface area (Å²) in [4.78, 5) is 27.7. The van der Waals surface area contributed by atoms with E-state index in [-0.39, 0.29) is 6.10 Å². The number of carbonyl (C=O) groups excluding carboxylic acids is 2. The van der Waals surface area contributed by atoms with Crippen LogP contribution >= 0.6 is 0 Å². The summed E-state index contributed by atoms with van der Waals surface area (Å²) in [5.41, 5.74) is 2.24. The molecule has 38 heavy (non-hydrogen) atoms. The standard InChI is InChI=1S/C29H35NO8/c1-18(2)38-24-11-9-20(15-26(24)35-5)27-21(28(31)36-6)16-30(17-22(27)29(32)37-7)13-12-19-8-10-23(33-3)25(14-19)34-4/h8-11,14-18,27H,12-13H2,1-7H3. The maximum atomic E-state index is 13.0. The third kappa shape index (κ3) is 6.40. The van der Waals surface area contributed by atoms with Gasteiger partial charge in [-0.1, -0.05) is 12.1 Å². The van der Waals surface area contributed by atoms with E-state index in [1.807, 2.05) is 32.0 Å². The highest BCUT2D eigenvalue weighted by molar-refractivity contribution is 5.98. The maximum absolute atomic E-state index is 13.0. The van der Waals surface area contributed by atoms with E-state index < -0.39 is 17.9 Å². The molecular weight excluding hydrogens is 490 g/mol. The van der Waals surface area contributed by atoms with Crippen molar-refractivity contribution in [1.29, 1.82) is 0 Å². The van der Waals surface area contributed by atoms with Crippen molar-refractivity contribution in [2.75, 3.05) is 42.1 Å². The quantitative estimate of drug-likeness (QED) is 0.399. The van der Waals surface area contributed by atoms with E-state index in [4.69, 9.17) is 28.4 Å². The summed E-state index contributed by atoms with van der Waals surface area (Å²) >= 11 is 0. The molecule has 2 aromatic rings. The molecule has 1 aliphatic rings. The van der Waals surface area contributed by atoms with E-state index >= 15 is 0 Å². The Balaban J connectivity index is 2.00. The molecule has 0 saturated carbocycles. The lowest BCUT2D eigenvalue weighted by atomic mass is 9.83. The first-order chi connectivity index (χ1) is 18.3. The van der Waals surface area contributed by atoms with Crippen molar-refractivity contribution in [3.05, 3.63) is 71.1 Å². The molecule has 204 valence electrons. The first-order valence-corrected chi connectivity index (χ1v) is 12.2. The lowest BCUT2D eigenvalue weighted by Gasteiger charge is -2.30. The highest BCUT2D eigenvalue weighted by atomic mass is 16.5. The summed E-state index contributed by atoms with van der Waals surface area (Å²) in [6.45, 7) is 4.32. The van der Waals surface area contributed by atoms with Gasteiger partial charge in [0.25, 0.3) is 0 Å². The number of rotatable bonds is 11. The minimum Gasteiger partial charge on any atom is -0.493 e. The van der Waals surface area contributed by atoms with Gasteiger partial charge in [0, 0.05) is 18.9 Å². The topological polar surface area (TPSA) is 92.8 Å². The van der Waals surface area contributed by atoms with Crippen LogP contribution in [0.3, 0.4) is 0 Å². The zero-order valence-electron chi connectivity index (χ0n) is 22.9. The molecule has 2 aromatic carbocycles. The van der Waals surface area contributed by atoms with Crippen LogP contribution in [-0.4, -0.2) is 65.0 Å². The fourth-order valence-electron chi connectivity index (χ4n) is 4.29. The number of methoxy groups -OCH3 is 5. The van der Waals surface area contributed by atoms with Crippen molar-refractivity contribution < 1.29 is 38.0 Å². The van der Waals surface area contributed by atoms with E-state index in [0.29, 0.717) is 52.7 Å². The maximum Gasteiger partial charge on any atom is 0.336 e. The van der Waals surface area contributed by atoms with Gasteiger partial charge in [-0.05, 0) is 55.7 Å². The smallest absolute Gasteiger partial charge is 0.336 e. The van der Waals surface area contributed by atoms with Gasteiger partial charge in [-0.2, -0.15) is 0 Å². The Hall–Kier alpha value is -4.14. The minimum atomic E-state index is -0.728. The molecule has 0 N–H and O–H groups in total. The second kappa shape index (κ2) is 12.9. The number of ether oxygens (including phenoxy) is 6. The molecule has 0 unspecified atom stereocenters. The van der Waals surface area contributed by atoms with Crippen LogP contribution in [0, 0.1) is 0 Å². The van der Waals surface area contributed by atoms with Gasteiger partial charge < -0.3 is 33.3 Å². The molecule has 0 saturated heterocycles. The van der Waals surface area contributed by atoms with Gasteiger partial charge in [-0.25, -0.2) is 9.59 Å². The van der Waals surface area contributed by atoms with Crippen LogP contribution < -0.4 is 18.9 Å². The second-order valence-electron chi connectivity index (χ2n) is 8.84. The summed E-state index contributed by atoms with van der Waals surface area (Å²) in [5, 5.41) is 0. The molecule has 0 bridgehead atoms. The average Bonchev–Trinajstić information content (AvgIpc) is 2.94. The SMILES string of the molecule is COC(=O)C1=CN(CCc2ccc(OC)c(OC)c2)C=C(C(=O)OC)C1c1ccc(OC(C)C)c(OC)c1. The molecule has 1 aliphatic heterocycles. The fourth-order valence-corrected chi connectivity index (χ4v) is 4.29. The predicted octanol–water partition coefficient (Wildman–Crippen LogP) is 4.26.